The van der Waals surface area contributed by atoms with Gasteiger partial charge in [-0.3, -0.25) is 5.32 Å². The summed E-state index contributed by atoms with van der Waals surface area (Å²) in [5.41, 5.74) is -0.164. The standard InChI is InChI=1S/C11H20N2/c1-5-11(2,3)12-10-7-6-8-13(4)9-10/h1,10,12H,6-9H2,2-4H3. The zero-order valence-corrected chi connectivity index (χ0v) is 8.93. The summed E-state index contributed by atoms with van der Waals surface area (Å²) < 4.78 is 0. The highest BCUT2D eigenvalue weighted by molar-refractivity contribution is 5.08. The summed E-state index contributed by atoms with van der Waals surface area (Å²) in [5, 5.41) is 3.50. The Morgan fingerprint density at radius 2 is 2.23 bits per heavy atom. The number of piperidine rings is 1. The van der Waals surface area contributed by atoms with Crippen LogP contribution in [-0.4, -0.2) is 36.6 Å². The van der Waals surface area contributed by atoms with Crippen LogP contribution in [0, 0.1) is 12.3 Å². The Morgan fingerprint density at radius 1 is 1.54 bits per heavy atom. The summed E-state index contributed by atoms with van der Waals surface area (Å²) in [6, 6.07) is 0.560. The Morgan fingerprint density at radius 3 is 2.77 bits per heavy atom. The lowest BCUT2D eigenvalue weighted by atomic mass is 10.0. The van der Waals surface area contributed by atoms with E-state index >= 15 is 0 Å². The highest BCUT2D eigenvalue weighted by atomic mass is 15.1. The third-order valence-electron chi connectivity index (χ3n) is 2.55. The van der Waals surface area contributed by atoms with Gasteiger partial charge in [0, 0.05) is 12.6 Å². The molecule has 1 fully saturated rings. The van der Waals surface area contributed by atoms with Crippen molar-refractivity contribution < 1.29 is 0 Å². The van der Waals surface area contributed by atoms with Gasteiger partial charge in [0.2, 0.25) is 0 Å². The summed E-state index contributed by atoms with van der Waals surface area (Å²) in [5.74, 6) is 2.77. The fraction of sp³-hybridized carbons (Fsp3) is 0.818. The smallest absolute Gasteiger partial charge is 0.0743 e. The number of hydrogen-bond donors (Lipinski definition) is 1. The van der Waals surface area contributed by atoms with Gasteiger partial charge in [0.1, 0.15) is 0 Å². The van der Waals surface area contributed by atoms with E-state index in [2.05, 4.69) is 37.0 Å². The number of nitrogens with one attached hydrogen (secondary N) is 1. The normalized spacial score (nSPS) is 25.5. The summed E-state index contributed by atoms with van der Waals surface area (Å²) in [6.45, 7) is 6.45. The summed E-state index contributed by atoms with van der Waals surface area (Å²) in [6.07, 6.45) is 7.95. The molecule has 0 bridgehead atoms. The highest BCUT2D eigenvalue weighted by Crippen LogP contribution is 2.11. The van der Waals surface area contributed by atoms with Gasteiger partial charge in [-0.25, -0.2) is 0 Å². The van der Waals surface area contributed by atoms with Crippen LogP contribution < -0.4 is 5.32 Å². The van der Waals surface area contributed by atoms with Gasteiger partial charge in [-0.2, -0.15) is 0 Å². The van der Waals surface area contributed by atoms with Gasteiger partial charge in [-0.15, -0.1) is 6.42 Å². The molecule has 0 aromatic heterocycles. The first-order valence-corrected chi connectivity index (χ1v) is 4.97. The third kappa shape index (κ3) is 3.38. The minimum Gasteiger partial charge on any atom is -0.305 e. The molecule has 0 aliphatic carbocycles. The first kappa shape index (κ1) is 10.6. The average molecular weight is 180 g/mol. The number of hydrogen-bond acceptors (Lipinski definition) is 2. The maximum absolute atomic E-state index is 5.43. The molecule has 13 heavy (non-hydrogen) atoms. The monoisotopic (exact) mass is 180 g/mol. The molecule has 0 saturated carbocycles. The Hall–Kier alpha value is -0.520. The van der Waals surface area contributed by atoms with Crippen LogP contribution in [0.4, 0.5) is 0 Å². The minimum atomic E-state index is -0.164. The van der Waals surface area contributed by atoms with Gasteiger partial charge < -0.3 is 4.90 Å². The van der Waals surface area contributed by atoms with Gasteiger partial charge in [-0.05, 0) is 40.3 Å². The maximum atomic E-state index is 5.43. The van der Waals surface area contributed by atoms with Crippen LogP contribution in [0.5, 0.6) is 0 Å². The molecule has 0 spiro atoms. The van der Waals surface area contributed by atoms with Crippen molar-refractivity contribution in [2.24, 2.45) is 0 Å². The van der Waals surface area contributed by atoms with E-state index in [1.165, 1.54) is 19.4 Å². The molecule has 74 valence electrons. The van der Waals surface area contributed by atoms with Gasteiger partial charge in [-0.1, -0.05) is 5.92 Å². The molecule has 0 aromatic carbocycles. The quantitative estimate of drug-likeness (QED) is 0.640. The lowest BCUT2D eigenvalue weighted by Gasteiger charge is -2.34. The average Bonchev–Trinajstić information content (AvgIpc) is 2.03. The molecule has 0 aromatic rings. The molecule has 1 atom stereocenters. The van der Waals surface area contributed by atoms with Crippen molar-refractivity contribution in [2.75, 3.05) is 20.1 Å². The second-order valence-electron chi connectivity index (χ2n) is 4.52. The molecule has 0 radical (unpaired) electrons. The first-order chi connectivity index (χ1) is 6.03. The van der Waals surface area contributed by atoms with Crippen LogP contribution in [0.15, 0.2) is 0 Å². The molecule has 1 aliphatic heterocycles. The second kappa shape index (κ2) is 4.13. The van der Waals surface area contributed by atoms with E-state index in [4.69, 9.17) is 6.42 Å². The third-order valence-corrected chi connectivity index (χ3v) is 2.55. The number of likely N-dealkylation sites (N-methyl/N-ethyl adjacent to an activating group) is 1. The van der Waals surface area contributed by atoms with Crippen LogP contribution in [-0.2, 0) is 0 Å². The van der Waals surface area contributed by atoms with E-state index in [9.17, 15) is 0 Å². The Labute approximate surface area is 81.7 Å². The summed E-state index contributed by atoms with van der Waals surface area (Å²) in [4.78, 5) is 2.35. The maximum Gasteiger partial charge on any atom is 0.0743 e. The Balaban J connectivity index is 2.41. The highest BCUT2D eigenvalue weighted by Gasteiger charge is 2.22. The molecule has 2 nitrogen and oxygen atoms in total. The predicted molar refractivity (Wildman–Crippen MR) is 56.6 cm³/mol. The van der Waals surface area contributed by atoms with E-state index in [0.29, 0.717) is 6.04 Å². The van der Waals surface area contributed by atoms with Crippen LogP contribution in [0.2, 0.25) is 0 Å². The van der Waals surface area contributed by atoms with Crippen molar-refractivity contribution in [1.82, 2.24) is 10.2 Å². The molecule has 1 aliphatic rings. The zero-order chi connectivity index (χ0) is 9.90. The molecule has 1 saturated heterocycles. The summed E-state index contributed by atoms with van der Waals surface area (Å²) >= 11 is 0. The largest absolute Gasteiger partial charge is 0.305 e. The molecule has 2 heteroatoms. The van der Waals surface area contributed by atoms with Gasteiger partial charge in [0.25, 0.3) is 0 Å². The fourth-order valence-electron chi connectivity index (χ4n) is 1.84. The van der Waals surface area contributed by atoms with Gasteiger partial charge in [0.15, 0.2) is 0 Å². The lowest BCUT2D eigenvalue weighted by Crippen LogP contribution is -2.51. The van der Waals surface area contributed by atoms with E-state index < -0.39 is 0 Å². The Bertz CT molecular complexity index is 203. The molecule has 0 amide bonds. The van der Waals surface area contributed by atoms with Gasteiger partial charge in [0.05, 0.1) is 5.54 Å². The molecule has 1 N–H and O–H groups in total. The summed E-state index contributed by atoms with van der Waals surface area (Å²) in [7, 11) is 2.16. The first-order valence-electron chi connectivity index (χ1n) is 4.97. The van der Waals surface area contributed by atoms with Crippen molar-refractivity contribution in [1.29, 1.82) is 0 Å². The fourth-order valence-corrected chi connectivity index (χ4v) is 1.84. The van der Waals surface area contributed by atoms with Crippen LogP contribution in [0.25, 0.3) is 0 Å². The number of rotatable bonds is 2. The molecular formula is C11H20N2. The second-order valence-corrected chi connectivity index (χ2v) is 4.52. The van der Waals surface area contributed by atoms with Crippen LogP contribution >= 0.6 is 0 Å². The van der Waals surface area contributed by atoms with Crippen molar-refractivity contribution in [3.63, 3.8) is 0 Å². The predicted octanol–water partition coefficient (Wildman–Crippen LogP) is 1.08. The lowest BCUT2D eigenvalue weighted by molar-refractivity contribution is 0.210. The molecule has 1 unspecified atom stereocenters. The zero-order valence-electron chi connectivity index (χ0n) is 8.93. The van der Waals surface area contributed by atoms with E-state index in [0.717, 1.165) is 6.54 Å². The Kier molecular flexibility index (Phi) is 3.35. The van der Waals surface area contributed by atoms with Crippen molar-refractivity contribution >= 4 is 0 Å². The minimum absolute atomic E-state index is 0.164. The van der Waals surface area contributed by atoms with E-state index in [1.807, 2.05) is 0 Å². The number of likely N-dealkylation sites (tertiary alicyclic amines) is 1. The molecule has 1 heterocycles. The van der Waals surface area contributed by atoms with Gasteiger partial charge >= 0.3 is 0 Å². The van der Waals surface area contributed by atoms with Crippen molar-refractivity contribution in [3.8, 4) is 12.3 Å². The number of terminal acetylenes is 1. The topological polar surface area (TPSA) is 15.3 Å². The van der Waals surface area contributed by atoms with Crippen molar-refractivity contribution in [3.05, 3.63) is 0 Å². The molecule has 1 rings (SSSR count). The van der Waals surface area contributed by atoms with E-state index in [1.54, 1.807) is 0 Å². The van der Waals surface area contributed by atoms with Crippen LogP contribution in [0.3, 0.4) is 0 Å². The number of nitrogens with zero attached hydrogens (tertiary/aromatic N) is 1. The van der Waals surface area contributed by atoms with Crippen LogP contribution in [0.1, 0.15) is 26.7 Å². The van der Waals surface area contributed by atoms with Crippen molar-refractivity contribution in [2.45, 2.75) is 38.3 Å². The SMILES string of the molecule is C#CC(C)(C)NC1CCCN(C)C1. The van der Waals surface area contributed by atoms with E-state index in [-0.39, 0.29) is 5.54 Å². The molecular weight excluding hydrogens is 160 g/mol.